The van der Waals surface area contributed by atoms with Crippen molar-refractivity contribution >= 4 is 46.0 Å². The van der Waals surface area contributed by atoms with Crippen molar-refractivity contribution in [3.8, 4) is 11.1 Å². The van der Waals surface area contributed by atoms with Crippen LogP contribution in [0.2, 0.25) is 5.02 Å². The fraction of sp³-hybridized carbons (Fsp3) is 0.419. The molecule has 2 atom stereocenters. The Balaban J connectivity index is 1.68. The number of aromatic nitrogens is 2. The zero-order chi connectivity index (χ0) is 31.0. The number of hydrogen-bond acceptors (Lipinski definition) is 9. The normalized spacial score (nSPS) is 18.4. The molecule has 0 aliphatic carbocycles. The summed E-state index contributed by atoms with van der Waals surface area (Å²) >= 11 is 6.94. The Morgan fingerprint density at radius 1 is 1.23 bits per heavy atom. The summed E-state index contributed by atoms with van der Waals surface area (Å²) in [6, 6.07) is 5.42. The van der Waals surface area contributed by atoms with E-state index in [0.717, 1.165) is 24.1 Å². The fourth-order valence-corrected chi connectivity index (χ4v) is 6.21. The van der Waals surface area contributed by atoms with Gasteiger partial charge in [0.15, 0.2) is 11.7 Å². The van der Waals surface area contributed by atoms with E-state index in [0.29, 0.717) is 54.5 Å². The van der Waals surface area contributed by atoms with Crippen LogP contribution in [0, 0.1) is 12.7 Å². The van der Waals surface area contributed by atoms with Crippen molar-refractivity contribution in [3.05, 3.63) is 58.4 Å². The quantitative estimate of drug-likeness (QED) is 0.259. The number of amides is 1. The monoisotopic (exact) mass is 607 g/mol. The van der Waals surface area contributed by atoms with Crippen LogP contribution in [-0.4, -0.2) is 83.9 Å². The van der Waals surface area contributed by atoms with Gasteiger partial charge < -0.3 is 31.2 Å². The van der Waals surface area contributed by atoms with Crippen LogP contribution < -0.4 is 21.4 Å². The third-order valence-corrected chi connectivity index (χ3v) is 8.42. The van der Waals surface area contributed by atoms with Crippen LogP contribution in [-0.2, 0) is 11.3 Å². The van der Waals surface area contributed by atoms with E-state index in [1.165, 1.54) is 6.08 Å². The summed E-state index contributed by atoms with van der Waals surface area (Å²) in [6.07, 6.45) is 2.19. The van der Waals surface area contributed by atoms with Crippen molar-refractivity contribution in [3.63, 3.8) is 0 Å². The molecule has 0 bridgehead atoms. The number of piperazine rings is 1. The van der Waals surface area contributed by atoms with Gasteiger partial charge in [-0.2, -0.15) is 10.1 Å². The lowest BCUT2D eigenvalue weighted by Gasteiger charge is -2.44. The van der Waals surface area contributed by atoms with Gasteiger partial charge in [0.05, 0.1) is 11.6 Å². The summed E-state index contributed by atoms with van der Waals surface area (Å²) in [4.78, 5) is 28.1. The third kappa shape index (κ3) is 5.83. The van der Waals surface area contributed by atoms with Gasteiger partial charge in [0, 0.05) is 53.8 Å². The molecule has 3 aromatic rings. The fourth-order valence-electron chi connectivity index (χ4n) is 5.93. The summed E-state index contributed by atoms with van der Waals surface area (Å²) in [6.45, 7) is 12.5. The van der Waals surface area contributed by atoms with Gasteiger partial charge in [-0.15, -0.1) is 0 Å². The number of benzene rings is 2. The maximum atomic E-state index is 16.9. The van der Waals surface area contributed by atoms with Gasteiger partial charge in [-0.1, -0.05) is 30.3 Å². The number of amidine groups is 1. The second-order valence-electron chi connectivity index (χ2n) is 11.6. The first-order valence-corrected chi connectivity index (χ1v) is 14.9. The smallest absolute Gasteiger partial charge is 0.246 e. The van der Waals surface area contributed by atoms with Crippen LogP contribution in [0.25, 0.3) is 22.0 Å². The molecule has 228 valence electrons. The number of halogens is 2. The Morgan fingerprint density at radius 2 is 2.00 bits per heavy atom. The van der Waals surface area contributed by atoms with Gasteiger partial charge >= 0.3 is 0 Å². The van der Waals surface area contributed by atoms with E-state index >= 15 is 4.39 Å². The molecule has 0 spiro atoms. The molecule has 1 fully saturated rings. The van der Waals surface area contributed by atoms with Crippen LogP contribution in [0.15, 0.2) is 36.0 Å². The number of aryl methyl sites for hydroxylation is 1. The maximum absolute atomic E-state index is 16.9. The van der Waals surface area contributed by atoms with Crippen molar-refractivity contribution in [2.24, 2.45) is 10.8 Å². The number of carbonyl (C=O) groups excluding carboxylic acids is 1. The Morgan fingerprint density at radius 3 is 2.72 bits per heavy atom. The van der Waals surface area contributed by atoms with Crippen LogP contribution in [0.5, 0.6) is 0 Å². The molecule has 2 aliphatic rings. The lowest BCUT2D eigenvalue weighted by molar-refractivity contribution is -0.128. The molecule has 5 rings (SSSR count). The summed E-state index contributed by atoms with van der Waals surface area (Å²) in [5, 5.41) is 8.23. The van der Waals surface area contributed by atoms with E-state index < -0.39 is 5.82 Å². The molecule has 2 aromatic carbocycles. The number of hydrazone groups is 1. The van der Waals surface area contributed by atoms with Crippen LogP contribution in [0.4, 0.5) is 16.2 Å². The van der Waals surface area contributed by atoms with E-state index in [1.54, 1.807) is 11.0 Å². The van der Waals surface area contributed by atoms with Gasteiger partial charge in [0.1, 0.15) is 11.3 Å². The predicted molar refractivity (Wildman–Crippen MR) is 172 cm³/mol. The summed E-state index contributed by atoms with van der Waals surface area (Å²) < 4.78 is 16.9. The summed E-state index contributed by atoms with van der Waals surface area (Å²) in [5.41, 5.74) is 12.6. The van der Waals surface area contributed by atoms with Crippen molar-refractivity contribution in [1.29, 1.82) is 0 Å². The van der Waals surface area contributed by atoms with Crippen molar-refractivity contribution in [1.82, 2.24) is 25.2 Å². The maximum Gasteiger partial charge on any atom is 0.246 e. The topological polar surface area (TPSA) is 115 Å². The lowest BCUT2D eigenvalue weighted by atomic mass is 9.89. The van der Waals surface area contributed by atoms with E-state index in [-0.39, 0.29) is 39.9 Å². The lowest BCUT2D eigenvalue weighted by Crippen LogP contribution is -2.58. The van der Waals surface area contributed by atoms with E-state index in [9.17, 15) is 4.79 Å². The molecule has 1 aromatic heterocycles. The highest BCUT2D eigenvalue weighted by molar-refractivity contribution is 6.35. The minimum atomic E-state index is -0.550. The zero-order valence-electron chi connectivity index (χ0n) is 25.3. The number of nitrogens with two attached hydrogens (primary N) is 1. The number of nitrogens with zero attached hydrogens (tertiary/aromatic N) is 6. The molecule has 2 aliphatic heterocycles. The van der Waals surface area contributed by atoms with Gasteiger partial charge in [-0.05, 0) is 71.1 Å². The SMILES string of the molecule is C=CC(=O)N1C[C@H](C)N(c2nc(NCCCN(C)C)nc3c(F)c(-c4c(C)ccc5c4C(N)=NNC5)c(Cl)cc23)C[C@H]1C. The second-order valence-corrected chi connectivity index (χ2v) is 12.0. The third-order valence-electron chi connectivity index (χ3n) is 8.12. The van der Waals surface area contributed by atoms with Crippen LogP contribution >= 0.6 is 11.6 Å². The van der Waals surface area contributed by atoms with Crippen LogP contribution in [0.3, 0.4) is 0 Å². The molecule has 1 saturated heterocycles. The molecular weight excluding hydrogens is 569 g/mol. The zero-order valence-corrected chi connectivity index (χ0v) is 26.1. The standard InChI is InChI=1S/C31H39ClFN9O/c1-7-23(43)41-15-19(4)42(16-18(41)3)30-21-13-22(32)26(24-17(2)9-10-20-14-36-39-29(34)25(20)24)27(33)28(21)37-31(38-30)35-11-8-12-40(5)6/h7,9-10,13,18-19,36H,1,8,11-12,14-16H2,2-6H3,(H2,34,39)(H,35,37,38)/t18-,19+/m1/s1. The Kier molecular flexibility index (Phi) is 8.75. The van der Waals surface area contributed by atoms with Gasteiger partial charge in [-0.25, -0.2) is 9.37 Å². The molecule has 1 amide bonds. The van der Waals surface area contributed by atoms with Gasteiger partial charge in [0.2, 0.25) is 11.9 Å². The van der Waals surface area contributed by atoms with E-state index in [1.807, 2.05) is 47.0 Å². The second kappa shape index (κ2) is 12.3. The number of hydrogen-bond donors (Lipinski definition) is 3. The highest BCUT2D eigenvalue weighted by atomic mass is 35.5. The Hall–Kier alpha value is -3.96. The molecule has 3 heterocycles. The van der Waals surface area contributed by atoms with E-state index in [2.05, 4.69) is 37.2 Å². The Labute approximate surface area is 256 Å². The first kappa shape index (κ1) is 30.5. The minimum absolute atomic E-state index is 0.104. The van der Waals surface area contributed by atoms with Crippen molar-refractivity contribution in [2.45, 2.75) is 45.8 Å². The van der Waals surface area contributed by atoms with Gasteiger partial charge in [-0.3, -0.25) is 4.79 Å². The summed E-state index contributed by atoms with van der Waals surface area (Å²) in [7, 11) is 4.03. The first-order chi connectivity index (χ1) is 20.5. The van der Waals surface area contributed by atoms with E-state index in [4.69, 9.17) is 22.3 Å². The minimum Gasteiger partial charge on any atom is -0.382 e. The number of rotatable bonds is 8. The average Bonchev–Trinajstić information content (AvgIpc) is 2.97. The largest absolute Gasteiger partial charge is 0.382 e. The number of fused-ring (bicyclic) bond motifs is 2. The van der Waals surface area contributed by atoms with Crippen molar-refractivity contribution in [2.75, 3.05) is 50.5 Å². The molecule has 10 nitrogen and oxygen atoms in total. The predicted octanol–water partition coefficient (Wildman–Crippen LogP) is 4.10. The number of anilines is 2. The van der Waals surface area contributed by atoms with Crippen molar-refractivity contribution < 1.29 is 9.18 Å². The molecular formula is C31H39ClFN9O. The Bertz CT molecular complexity index is 1610. The molecule has 12 heteroatoms. The highest BCUT2D eigenvalue weighted by Gasteiger charge is 2.34. The van der Waals surface area contributed by atoms with Gasteiger partial charge in [0.25, 0.3) is 0 Å². The highest BCUT2D eigenvalue weighted by Crippen LogP contribution is 2.42. The molecule has 0 unspecified atom stereocenters. The summed E-state index contributed by atoms with van der Waals surface area (Å²) in [5.74, 6) is 0.501. The molecule has 4 N–H and O–H groups in total. The molecule has 0 radical (unpaired) electrons. The number of carbonyl (C=O) groups is 1. The molecule has 0 saturated carbocycles. The average molecular weight is 608 g/mol. The first-order valence-electron chi connectivity index (χ1n) is 14.5. The molecule has 43 heavy (non-hydrogen) atoms. The van der Waals surface area contributed by atoms with Crippen LogP contribution in [0.1, 0.15) is 37.0 Å². The number of nitrogens with one attached hydrogen (secondary N) is 2.